The van der Waals surface area contributed by atoms with Gasteiger partial charge in [-0.1, -0.05) is 6.92 Å². The molecule has 0 spiro atoms. The molecule has 4 heterocycles. The van der Waals surface area contributed by atoms with Crippen LogP contribution in [0.25, 0.3) is 5.82 Å². The lowest BCUT2D eigenvalue weighted by molar-refractivity contribution is 0.639. The Morgan fingerprint density at radius 3 is 2.12 bits per heavy atom. The summed E-state index contributed by atoms with van der Waals surface area (Å²) < 4.78 is 1.74. The molecule has 1 saturated heterocycles. The second kappa shape index (κ2) is 6.84. The van der Waals surface area contributed by atoms with Gasteiger partial charge in [-0.05, 0) is 12.5 Å². The number of rotatable bonds is 4. The third-order valence-electron chi connectivity index (χ3n) is 4.38. The summed E-state index contributed by atoms with van der Waals surface area (Å²) in [7, 11) is 0. The third kappa shape index (κ3) is 3.28. The standard InChI is InChI=1S/C17H20N8/c1-2-14-10-15(19-12-18-14)23-6-8-24(9-7-23)16-11-17(21-13-20-16)25-5-3-4-22-25/h3-5,10-13H,2,6-9H2,1H3. The maximum Gasteiger partial charge on any atom is 0.158 e. The largest absolute Gasteiger partial charge is 0.353 e. The van der Waals surface area contributed by atoms with Crippen molar-refractivity contribution in [1.82, 2.24) is 29.7 Å². The van der Waals surface area contributed by atoms with Crippen LogP contribution >= 0.6 is 0 Å². The SMILES string of the molecule is CCc1cc(N2CCN(c3cc(-n4cccn4)ncn3)CC2)ncn1. The summed E-state index contributed by atoms with van der Waals surface area (Å²) in [5.74, 6) is 2.71. The predicted molar refractivity (Wildman–Crippen MR) is 95.0 cm³/mol. The van der Waals surface area contributed by atoms with Crippen molar-refractivity contribution in [2.45, 2.75) is 13.3 Å². The lowest BCUT2D eigenvalue weighted by Gasteiger charge is -2.36. The van der Waals surface area contributed by atoms with Crippen molar-refractivity contribution in [2.24, 2.45) is 0 Å². The van der Waals surface area contributed by atoms with Crippen molar-refractivity contribution in [2.75, 3.05) is 36.0 Å². The van der Waals surface area contributed by atoms with E-state index in [0.29, 0.717) is 0 Å². The van der Waals surface area contributed by atoms with Gasteiger partial charge in [0, 0.05) is 56.4 Å². The summed E-state index contributed by atoms with van der Waals surface area (Å²) in [5, 5.41) is 4.23. The average Bonchev–Trinajstić information content (AvgIpc) is 3.23. The molecule has 0 amide bonds. The van der Waals surface area contributed by atoms with Crippen LogP contribution in [0.5, 0.6) is 0 Å². The zero-order valence-corrected chi connectivity index (χ0v) is 14.2. The molecule has 0 atom stereocenters. The first kappa shape index (κ1) is 15.5. The van der Waals surface area contributed by atoms with Gasteiger partial charge in [-0.25, -0.2) is 24.6 Å². The summed E-state index contributed by atoms with van der Waals surface area (Å²) in [6.07, 6.45) is 7.79. The van der Waals surface area contributed by atoms with E-state index in [1.54, 1.807) is 23.5 Å². The smallest absolute Gasteiger partial charge is 0.158 e. The molecule has 25 heavy (non-hydrogen) atoms. The Balaban J connectivity index is 1.46. The number of aryl methyl sites for hydroxylation is 1. The lowest BCUT2D eigenvalue weighted by atomic mass is 10.2. The fourth-order valence-corrected chi connectivity index (χ4v) is 2.96. The molecule has 0 aromatic carbocycles. The Kier molecular flexibility index (Phi) is 4.24. The first-order valence-electron chi connectivity index (χ1n) is 8.46. The predicted octanol–water partition coefficient (Wildman–Crippen LogP) is 1.34. The van der Waals surface area contributed by atoms with E-state index in [0.717, 1.165) is 55.7 Å². The van der Waals surface area contributed by atoms with Crippen LogP contribution in [0.15, 0.2) is 43.2 Å². The van der Waals surface area contributed by atoms with Crippen molar-refractivity contribution in [3.63, 3.8) is 0 Å². The molecule has 8 nitrogen and oxygen atoms in total. The molecular formula is C17H20N8. The minimum absolute atomic E-state index is 0.779. The third-order valence-corrected chi connectivity index (χ3v) is 4.38. The van der Waals surface area contributed by atoms with E-state index in [9.17, 15) is 0 Å². The van der Waals surface area contributed by atoms with Gasteiger partial charge < -0.3 is 9.80 Å². The molecule has 1 aliphatic rings. The van der Waals surface area contributed by atoms with Gasteiger partial charge in [-0.2, -0.15) is 5.10 Å². The maximum absolute atomic E-state index is 4.43. The number of aromatic nitrogens is 6. The number of hydrogen-bond acceptors (Lipinski definition) is 7. The van der Waals surface area contributed by atoms with Gasteiger partial charge in [0.05, 0.1) is 0 Å². The van der Waals surface area contributed by atoms with Gasteiger partial charge in [0.25, 0.3) is 0 Å². The van der Waals surface area contributed by atoms with E-state index in [-0.39, 0.29) is 0 Å². The summed E-state index contributed by atoms with van der Waals surface area (Å²) in [5.41, 5.74) is 1.08. The van der Waals surface area contributed by atoms with Crippen molar-refractivity contribution < 1.29 is 0 Å². The minimum Gasteiger partial charge on any atom is -0.353 e. The van der Waals surface area contributed by atoms with E-state index in [1.165, 1.54) is 0 Å². The van der Waals surface area contributed by atoms with Crippen molar-refractivity contribution >= 4 is 11.6 Å². The molecule has 0 radical (unpaired) electrons. The van der Waals surface area contributed by atoms with Crippen molar-refractivity contribution in [1.29, 1.82) is 0 Å². The van der Waals surface area contributed by atoms with Crippen LogP contribution in [-0.4, -0.2) is 55.9 Å². The molecule has 1 aliphatic heterocycles. The number of nitrogens with zero attached hydrogens (tertiary/aromatic N) is 8. The molecule has 8 heteroatoms. The van der Waals surface area contributed by atoms with E-state index >= 15 is 0 Å². The number of anilines is 2. The van der Waals surface area contributed by atoms with Gasteiger partial charge in [-0.15, -0.1) is 0 Å². The molecule has 4 rings (SSSR count). The van der Waals surface area contributed by atoms with Crippen LogP contribution in [0.3, 0.4) is 0 Å². The molecule has 0 unspecified atom stereocenters. The summed E-state index contributed by atoms with van der Waals surface area (Å²) in [6, 6.07) is 5.94. The normalized spacial score (nSPS) is 14.8. The minimum atomic E-state index is 0.779. The summed E-state index contributed by atoms with van der Waals surface area (Å²) in [4.78, 5) is 22.0. The highest BCUT2D eigenvalue weighted by atomic mass is 15.3. The highest BCUT2D eigenvalue weighted by molar-refractivity contribution is 5.47. The molecule has 3 aromatic rings. The summed E-state index contributed by atoms with van der Waals surface area (Å²) in [6.45, 7) is 5.70. The number of piperazine rings is 1. The first-order chi connectivity index (χ1) is 12.3. The van der Waals surface area contributed by atoms with Gasteiger partial charge in [0.15, 0.2) is 5.82 Å². The van der Waals surface area contributed by atoms with Gasteiger partial charge >= 0.3 is 0 Å². The molecule has 0 bridgehead atoms. The molecule has 0 saturated carbocycles. The van der Waals surface area contributed by atoms with Crippen molar-refractivity contribution in [3.05, 3.63) is 48.9 Å². The van der Waals surface area contributed by atoms with E-state index < -0.39 is 0 Å². The number of hydrogen-bond donors (Lipinski definition) is 0. The Morgan fingerprint density at radius 1 is 0.840 bits per heavy atom. The molecule has 0 N–H and O–H groups in total. The Hall–Kier alpha value is -3.03. The maximum atomic E-state index is 4.43. The molecule has 1 fully saturated rings. The second-order valence-electron chi connectivity index (χ2n) is 5.88. The highest BCUT2D eigenvalue weighted by Gasteiger charge is 2.20. The van der Waals surface area contributed by atoms with Crippen LogP contribution < -0.4 is 9.80 Å². The van der Waals surface area contributed by atoms with Crippen LogP contribution in [0.2, 0.25) is 0 Å². The van der Waals surface area contributed by atoms with Gasteiger partial charge in [0.1, 0.15) is 24.3 Å². The van der Waals surface area contributed by atoms with Crippen LogP contribution in [0.4, 0.5) is 11.6 Å². The van der Waals surface area contributed by atoms with Gasteiger partial charge in [0.2, 0.25) is 0 Å². The Bertz CT molecular complexity index is 824. The Morgan fingerprint density at radius 2 is 1.48 bits per heavy atom. The van der Waals surface area contributed by atoms with E-state index in [1.807, 2.05) is 18.3 Å². The monoisotopic (exact) mass is 336 g/mol. The summed E-state index contributed by atoms with van der Waals surface area (Å²) >= 11 is 0. The fourth-order valence-electron chi connectivity index (χ4n) is 2.96. The quantitative estimate of drug-likeness (QED) is 0.711. The second-order valence-corrected chi connectivity index (χ2v) is 5.88. The van der Waals surface area contributed by atoms with E-state index in [2.05, 4.69) is 47.8 Å². The molecule has 3 aromatic heterocycles. The molecule has 0 aliphatic carbocycles. The average molecular weight is 336 g/mol. The molecule has 128 valence electrons. The zero-order chi connectivity index (χ0) is 17.1. The highest BCUT2D eigenvalue weighted by Crippen LogP contribution is 2.19. The topological polar surface area (TPSA) is 75.9 Å². The first-order valence-corrected chi connectivity index (χ1v) is 8.46. The van der Waals surface area contributed by atoms with Crippen LogP contribution in [-0.2, 0) is 6.42 Å². The van der Waals surface area contributed by atoms with Gasteiger partial charge in [-0.3, -0.25) is 0 Å². The lowest BCUT2D eigenvalue weighted by Crippen LogP contribution is -2.47. The molecular weight excluding hydrogens is 316 g/mol. The van der Waals surface area contributed by atoms with Crippen LogP contribution in [0, 0.1) is 0 Å². The van der Waals surface area contributed by atoms with Crippen LogP contribution in [0.1, 0.15) is 12.6 Å². The van der Waals surface area contributed by atoms with E-state index in [4.69, 9.17) is 0 Å². The zero-order valence-electron chi connectivity index (χ0n) is 14.2. The Labute approximate surface area is 146 Å². The van der Waals surface area contributed by atoms with Crippen molar-refractivity contribution in [3.8, 4) is 5.82 Å². The fraction of sp³-hybridized carbons (Fsp3) is 0.353.